The highest BCUT2D eigenvalue weighted by molar-refractivity contribution is 9.10. The molecule has 17 heavy (non-hydrogen) atoms. The maximum Gasteiger partial charge on any atom is 0.257 e. The van der Waals surface area contributed by atoms with E-state index in [0.29, 0.717) is 19.6 Å². The molecule has 0 radical (unpaired) electrons. The van der Waals surface area contributed by atoms with Crippen molar-refractivity contribution in [2.24, 2.45) is 0 Å². The molecule has 0 aliphatic carbocycles. The molecule has 0 aromatic heterocycles. The Bertz CT molecular complexity index is 447. The largest absolute Gasteiger partial charge is 0.379 e. The molecule has 92 valence electrons. The third-order valence-corrected chi connectivity index (χ3v) is 3.15. The molecular formula is C11H10BrF2NO2. The zero-order valence-electron chi connectivity index (χ0n) is 8.80. The summed E-state index contributed by atoms with van der Waals surface area (Å²) in [5, 5.41) is 2.54. The highest BCUT2D eigenvalue weighted by Crippen LogP contribution is 2.21. The van der Waals surface area contributed by atoms with E-state index in [1.54, 1.807) is 0 Å². The van der Waals surface area contributed by atoms with E-state index in [1.807, 2.05) is 0 Å². The van der Waals surface area contributed by atoms with Crippen molar-refractivity contribution in [1.29, 1.82) is 0 Å². The number of nitrogens with one attached hydrogen (secondary N) is 1. The summed E-state index contributed by atoms with van der Waals surface area (Å²) in [7, 11) is 0. The standard InChI is InChI=1S/C11H10BrF2NO2/c12-7-1-2-8(13)9(10(7)14)11(16)15-6-3-4-17-5-6/h1-2,6H,3-5H2,(H,15,16). The van der Waals surface area contributed by atoms with Gasteiger partial charge in [0.2, 0.25) is 0 Å². The molecule has 1 aromatic rings. The summed E-state index contributed by atoms with van der Waals surface area (Å²) in [6.45, 7) is 0.928. The lowest BCUT2D eigenvalue weighted by Crippen LogP contribution is -2.36. The van der Waals surface area contributed by atoms with Gasteiger partial charge >= 0.3 is 0 Å². The van der Waals surface area contributed by atoms with Crippen LogP contribution in [0.4, 0.5) is 8.78 Å². The summed E-state index contributed by atoms with van der Waals surface area (Å²) in [5.74, 6) is -2.51. The number of carbonyl (C=O) groups excluding carboxylic acids is 1. The predicted molar refractivity (Wildman–Crippen MR) is 60.7 cm³/mol. The second-order valence-electron chi connectivity index (χ2n) is 3.75. The zero-order chi connectivity index (χ0) is 12.4. The first-order valence-electron chi connectivity index (χ1n) is 5.11. The molecule has 1 saturated heterocycles. The van der Waals surface area contributed by atoms with Crippen LogP contribution in [-0.4, -0.2) is 25.2 Å². The van der Waals surface area contributed by atoms with Crippen LogP contribution < -0.4 is 5.32 Å². The normalized spacial score (nSPS) is 19.4. The SMILES string of the molecule is O=C(NC1CCOC1)c1c(F)ccc(Br)c1F. The quantitative estimate of drug-likeness (QED) is 0.851. The number of hydrogen-bond donors (Lipinski definition) is 1. The monoisotopic (exact) mass is 305 g/mol. The van der Waals surface area contributed by atoms with Gasteiger partial charge in [-0.2, -0.15) is 0 Å². The van der Waals surface area contributed by atoms with Gasteiger partial charge in [-0.3, -0.25) is 4.79 Å². The molecule has 3 nitrogen and oxygen atoms in total. The van der Waals surface area contributed by atoms with Crippen LogP contribution >= 0.6 is 15.9 Å². The van der Waals surface area contributed by atoms with E-state index in [4.69, 9.17) is 4.74 Å². The van der Waals surface area contributed by atoms with E-state index in [9.17, 15) is 13.6 Å². The highest BCUT2D eigenvalue weighted by Gasteiger charge is 2.24. The van der Waals surface area contributed by atoms with Crippen molar-refractivity contribution in [3.8, 4) is 0 Å². The summed E-state index contributed by atoms with van der Waals surface area (Å²) in [6.07, 6.45) is 0.656. The molecule has 1 unspecified atom stereocenters. The molecule has 0 saturated carbocycles. The van der Waals surface area contributed by atoms with Crippen LogP contribution in [0.15, 0.2) is 16.6 Å². The van der Waals surface area contributed by atoms with Crippen molar-refractivity contribution in [3.05, 3.63) is 33.8 Å². The van der Waals surface area contributed by atoms with E-state index in [-0.39, 0.29) is 10.5 Å². The Morgan fingerprint density at radius 2 is 2.24 bits per heavy atom. The van der Waals surface area contributed by atoms with E-state index in [1.165, 1.54) is 6.07 Å². The van der Waals surface area contributed by atoms with Gasteiger partial charge in [-0.25, -0.2) is 8.78 Å². The smallest absolute Gasteiger partial charge is 0.257 e. The van der Waals surface area contributed by atoms with Gasteiger partial charge in [0.15, 0.2) is 5.82 Å². The van der Waals surface area contributed by atoms with Crippen LogP contribution in [0, 0.1) is 11.6 Å². The first-order valence-corrected chi connectivity index (χ1v) is 5.91. The van der Waals surface area contributed by atoms with Crippen LogP contribution in [0.5, 0.6) is 0 Å². The molecule has 1 N–H and O–H groups in total. The molecular weight excluding hydrogens is 296 g/mol. The average Bonchev–Trinajstić information content (AvgIpc) is 2.77. The maximum absolute atomic E-state index is 13.6. The second kappa shape index (κ2) is 5.10. The predicted octanol–water partition coefficient (Wildman–Crippen LogP) is 2.25. The Morgan fingerprint density at radius 3 is 2.88 bits per heavy atom. The summed E-state index contributed by atoms with van der Waals surface area (Å²) >= 11 is 2.91. The molecule has 1 aromatic carbocycles. The molecule has 1 amide bonds. The van der Waals surface area contributed by atoms with Gasteiger partial charge in [0.25, 0.3) is 5.91 Å². The summed E-state index contributed by atoms with van der Waals surface area (Å²) in [6, 6.07) is 2.09. The Kier molecular flexibility index (Phi) is 3.73. The topological polar surface area (TPSA) is 38.3 Å². The van der Waals surface area contributed by atoms with Crippen molar-refractivity contribution in [2.45, 2.75) is 12.5 Å². The first kappa shape index (κ1) is 12.4. The minimum absolute atomic E-state index is 0.0618. The van der Waals surface area contributed by atoms with Gasteiger partial charge in [0, 0.05) is 6.61 Å². The van der Waals surface area contributed by atoms with Crippen molar-refractivity contribution >= 4 is 21.8 Å². The Hall–Kier alpha value is -1.01. The number of benzene rings is 1. The fourth-order valence-corrected chi connectivity index (χ4v) is 1.97. The van der Waals surface area contributed by atoms with Crippen LogP contribution in [0.3, 0.4) is 0 Å². The van der Waals surface area contributed by atoms with Crippen molar-refractivity contribution in [3.63, 3.8) is 0 Å². The number of rotatable bonds is 2. The fourth-order valence-electron chi connectivity index (χ4n) is 1.64. The highest BCUT2D eigenvalue weighted by atomic mass is 79.9. The van der Waals surface area contributed by atoms with Crippen LogP contribution in [0.2, 0.25) is 0 Å². The first-order chi connectivity index (χ1) is 8.09. The van der Waals surface area contributed by atoms with Crippen LogP contribution in [0.1, 0.15) is 16.8 Å². The lowest BCUT2D eigenvalue weighted by molar-refractivity contribution is 0.0921. The van der Waals surface area contributed by atoms with E-state index < -0.39 is 23.1 Å². The molecule has 2 rings (SSSR count). The molecule has 0 bridgehead atoms. The Morgan fingerprint density at radius 1 is 1.47 bits per heavy atom. The van der Waals surface area contributed by atoms with Crippen molar-refractivity contribution in [2.75, 3.05) is 13.2 Å². The summed E-state index contributed by atoms with van der Waals surface area (Å²) in [5.41, 5.74) is -0.564. The van der Waals surface area contributed by atoms with Crippen molar-refractivity contribution in [1.82, 2.24) is 5.32 Å². The number of hydrogen-bond acceptors (Lipinski definition) is 2. The van der Waals surface area contributed by atoms with Gasteiger partial charge < -0.3 is 10.1 Å². The number of ether oxygens (including phenoxy) is 1. The van der Waals surface area contributed by atoms with E-state index in [0.717, 1.165) is 6.07 Å². The van der Waals surface area contributed by atoms with Crippen molar-refractivity contribution < 1.29 is 18.3 Å². The lowest BCUT2D eigenvalue weighted by atomic mass is 10.1. The fraction of sp³-hybridized carbons (Fsp3) is 0.364. The molecule has 1 atom stereocenters. The van der Waals surface area contributed by atoms with Gasteiger partial charge in [0.1, 0.15) is 11.4 Å². The number of carbonyl (C=O) groups is 1. The molecule has 1 heterocycles. The van der Waals surface area contributed by atoms with Crippen LogP contribution in [0.25, 0.3) is 0 Å². The summed E-state index contributed by atoms with van der Waals surface area (Å²) < 4.78 is 32.1. The van der Waals surface area contributed by atoms with E-state index in [2.05, 4.69) is 21.2 Å². The third-order valence-electron chi connectivity index (χ3n) is 2.54. The third kappa shape index (κ3) is 2.63. The van der Waals surface area contributed by atoms with Gasteiger partial charge in [-0.1, -0.05) is 0 Å². The summed E-state index contributed by atoms with van der Waals surface area (Å²) in [4.78, 5) is 11.7. The maximum atomic E-state index is 13.6. The van der Waals surface area contributed by atoms with Gasteiger partial charge in [-0.05, 0) is 34.5 Å². The van der Waals surface area contributed by atoms with Crippen LogP contribution in [-0.2, 0) is 4.74 Å². The minimum Gasteiger partial charge on any atom is -0.379 e. The Labute approximate surface area is 105 Å². The molecule has 1 aliphatic rings. The van der Waals surface area contributed by atoms with Gasteiger partial charge in [-0.15, -0.1) is 0 Å². The molecule has 6 heteroatoms. The Balaban J connectivity index is 2.21. The number of amides is 1. The molecule has 0 spiro atoms. The second-order valence-corrected chi connectivity index (χ2v) is 4.61. The molecule has 1 aliphatic heterocycles. The average molecular weight is 306 g/mol. The van der Waals surface area contributed by atoms with E-state index >= 15 is 0 Å². The minimum atomic E-state index is -0.888. The zero-order valence-corrected chi connectivity index (χ0v) is 10.4. The van der Waals surface area contributed by atoms with Gasteiger partial charge in [0.05, 0.1) is 17.1 Å². The molecule has 1 fully saturated rings. The number of halogens is 3. The lowest BCUT2D eigenvalue weighted by Gasteiger charge is -2.12.